The van der Waals surface area contributed by atoms with Crippen molar-refractivity contribution >= 4 is 33.0 Å². The summed E-state index contributed by atoms with van der Waals surface area (Å²) in [5, 5.41) is 2.23. The van der Waals surface area contributed by atoms with Crippen molar-refractivity contribution in [2.45, 2.75) is 0 Å². The van der Waals surface area contributed by atoms with Gasteiger partial charge in [-0.3, -0.25) is 4.98 Å². The number of benzene rings is 3. The maximum absolute atomic E-state index is 6.08. The molecule has 3 aromatic carbocycles. The minimum absolute atomic E-state index is 0.827. The summed E-state index contributed by atoms with van der Waals surface area (Å²) in [6, 6.07) is 22.1. The Balaban J connectivity index is 1.84. The van der Waals surface area contributed by atoms with E-state index in [-0.39, 0.29) is 0 Å². The molecule has 0 N–H and O–H groups in total. The van der Waals surface area contributed by atoms with E-state index in [0.717, 1.165) is 44.2 Å². The van der Waals surface area contributed by atoms with Gasteiger partial charge < -0.3 is 4.42 Å². The third kappa shape index (κ3) is 1.83. The topological polar surface area (TPSA) is 38.9 Å². The van der Waals surface area contributed by atoms with Crippen molar-refractivity contribution in [1.29, 1.82) is 0 Å². The van der Waals surface area contributed by atoms with Gasteiger partial charge in [-0.25, -0.2) is 4.98 Å². The standard InChI is InChI=1S/C20H12N2O/c1-4-11-19-13(6-1)14-7-5-8-15(20(14)23-19)18-12-21-16-9-2-3-10-17(16)22-18/h1-12H. The van der Waals surface area contributed by atoms with Crippen molar-refractivity contribution < 1.29 is 4.42 Å². The Morgan fingerprint density at radius 3 is 2.43 bits per heavy atom. The van der Waals surface area contributed by atoms with Crippen LogP contribution in [-0.4, -0.2) is 9.97 Å². The number of fused-ring (bicyclic) bond motifs is 4. The van der Waals surface area contributed by atoms with Gasteiger partial charge in [-0.1, -0.05) is 42.5 Å². The van der Waals surface area contributed by atoms with Crippen LogP contribution in [0.5, 0.6) is 0 Å². The number of hydrogen-bond acceptors (Lipinski definition) is 3. The normalized spacial score (nSPS) is 11.5. The first kappa shape index (κ1) is 12.4. The molecule has 0 radical (unpaired) electrons. The van der Waals surface area contributed by atoms with Crippen molar-refractivity contribution in [3.8, 4) is 11.3 Å². The predicted molar refractivity (Wildman–Crippen MR) is 92.3 cm³/mol. The first-order valence-corrected chi connectivity index (χ1v) is 7.52. The van der Waals surface area contributed by atoms with Crippen LogP contribution in [0.25, 0.3) is 44.2 Å². The van der Waals surface area contributed by atoms with Crippen LogP contribution in [0.2, 0.25) is 0 Å². The number of para-hydroxylation sites is 4. The molecule has 0 unspecified atom stereocenters. The van der Waals surface area contributed by atoms with Crippen LogP contribution in [-0.2, 0) is 0 Å². The third-order valence-electron chi connectivity index (χ3n) is 4.13. The first-order valence-electron chi connectivity index (χ1n) is 7.52. The average Bonchev–Trinajstić information content (AvgIpc) is 3.00. The molecule has 0 bridgehead atoms. The molecule has 3 nitrogen and oxygen atoms in total. The maximum atomic E-state index is 6.08. The molecule has 108 valence electrons. The fourth-order valence-electron chi connectivity index (χ4n) is 3.04. The lowest BCUT2D eigenvalue weighted by Gasteiger charge is -2.03. The summed E-state index contributed by atoms with van der Waals surface area (Å²) in [6.45, 7) is 0. The van der Waals surface area contributed by atoms with Crippen molar-refractivity contribution in [2.24, 2.45) is 0 Å². The minimum Gasteiger partial charge on any atom is -0.455 e. The highest BCUT2D eigenvalue weighted by atomic mass is 16.3. The predicted octanol–water partition coefficient (Wildman–Crippen LogP) is 5.20. The molecule has 0 saturated carbocycles. The minimum atomic E-state index is 0.827. The van der Waals surface area contributed by atoms with Crippen molar-refractivity contribution in [2.75, 3.05) is 0 Å². The molecular weight excluding hydrogens is 284 g/mol. The van der Waals surface area contributed by atoms with Crippen LogP contribution in [0, 0.1) is 0 Å². The highest BCUT2D eigenvalue weighted by Crippen LogP contribution is 2.34. The van der Waals surface area contributed by atoms with E-state index in [0.29, 0.717) is 0 Å². The van der Waals surface area contributed by atoms with E-state index in [1.54, 1.807) is 0 Å². The highest BCUT2D eigenvalue weighted by Gasteiger charge is 2.13. The van der Waals surface area contributed by atoms with Gasteiger partial charge in [0.25, 0.3) is 0 Å². The monoisotopic (exact) mass is 296 g/mol. The van der Waals surface area contributed by atoms with Gasteiger partial charge in [0.15, 0.2) is 0 Å². The first-order chi connectivity index (χ1) is 11.4. The number of aromatic nitrogens is 2. The lowest BCUT2D eigenvalue weighted by atomic mass is 10.1. The molecule has 0 atom stereocenters. The van der Waals surface area contributed by atoms with Gasteiger partial charge >= 0.3 is 0 Å². The second kappa shape index (κ2) is 4.65. The lowest BCUT2D eigenvalue weighted by molar-refractivity contribution is 0.670. The largest absolute Gasteiger partial charge is 0.455 e. The molecule has 0 aliphatic carbocycles. The van der Waals surface area contributed by atoms with Gasteiger partial charge in [0.05, 0.1) is 22.9 Å². The van der Waals surface area contributed by atoms with E-state index in [2.05, 4.69) is 17.1 Å². The molecular formula is C20H12N2O. The Kier molecular flexibility index (Phi) is 2.50. The Morgan fingerprint density at radius 1 is 0.696 bits per heavy atom. The van der Waals surface area contributed by atoms with Crippen molar-refractivity contribution in [3.63, 3.8) is 0 Å². The van der Waals surface area contributed by atoms with Crippen LogP contribution in [0.3, 0.4) is 0 Å². The highest BCUT2D eigenvalue weighted by molar-refractivity contribution is 6.09. The molecule has 2 heterocycles. The van der Waals surface area contributed by atoms with E-state index < -0.39 is 0 Å². The molecule has 5 aromatic rings. The van der Waals surface area contributed by atoms with Crippen LogP contribution in [0.1, 0.15) is 0 Å². The third-order valence-corrected chi connectivity index (χ3v) is 4.13. The number of hydrogen-bond donors (Lipinski definition) is 0. The van der Waals surface area contributed by atoms with Gasteiger partial charge in [0.1, 0.15) is 11.2 Å². The van der Waals surface area contributed by atoms with Crippen molar-refractivity contribution in [3.05, 3.63) is 72.9 Å². The summed E-state index contributed by atoms with van der Waals surface area (Å²) in [5.41, 5.74) is 5.33. The fourth-order valence-corrected chi connectivity index (χ4v) is 3.04. The van der Waals surface area contributed by atoms with Gasteiger partial charge in [0.2, 0.25) is 0 Å². The zero-order chi connectivity index (χ0) is 15.2. The summed E-state index contributed by atoms with van der Waals surface area (Å²) in [6.07, 6.45) is 1.81. The van der Waals surface area contributed by atoms with E-state index >= 15 is 0 Å². The van der Waals surface area contributed by atoms with Crippen molar-refractivity contribution in [1.82, 2.24) is 9.97 Å². The van der Waals surface area contributed by atoms with E-state index in [4.69, 9.17) is 9.40 Å². The molecule has 0 amide bonds. The molecule has 3 heteroatoms. The average molecular weight is 296 g/mol. The fraction of sp³-hybridized carbons (Fsp3) is 0. The summed E-state index contributed by atoms with van der Waals surface area (Å²) in [4.78, 5) is 9.26. The molecule has 0 spiro atoms. The molecule has 2 aromatic heterocycles. The summed E-state index contributed by atoms with van der Waals surface area (Å²) in [7, 11) is 0. The quantitative estimate of drug-likeness (QED) is 0.427. The maximum Gasteiger partial charge on any atom is 0.144 e. The van der Waals surface area contributed by atoms with E-state index in [1.165, 1.54) is 0 Å². The Morgan fingerprint density at radius 2 is 1.48 bits per heavy atom. The Hall–Kier alpha value is -3.20. The Bertz CT molecular complexity index is 1170. The van der Waals surface area contributed by atoms with E-state index in [1.807, 2.05) is 60.8 Å². The summed E-state index contributed by atoms with van der Waals surface area (Å²) < 4.78 is 6.08. The van der Waals surface area contributed by atoms with Gasteiger partial charge in [-0.2, -0.15) is 0 Å². The number of nitrogens with zero attached hydrogens (tertiary/aromatic N) is 2. The molecule has 5 rings (SSSR count). The van der Waals surface area contributed by atoms with Crippen LogP contribution in [0.4, 0.5) is 0 Å². The number of rotatable bonds is 1. The Labute approximate surface area is 132 Å². The van der Waals surface area contributed by atoms with Crippen LogP contribution in [0.15, 0.2) is 77.3 Å². The zero-order valence-electron chi connectivity index (χ0n) is 12.2. The number of furan rings is 1. The molecule has 0 saturated heterocycles. The lowest BCUT2D eigenvalue weighted by Crippen LogP contribution is -1.88. The van der Waals surface area contributed by atoms with Gasteiger partial charge in [-0.05, 0) is 24.3 Å². The van der Waals surface area contributed by atoms with Gasteiger partial charge in [0, 0.05) is 16.3 Å². The van der Waals surface area contributed by atoms with Crippen LogP contribution < -0.4 is 0 Å². The smallest absolute Gasteiger partial charge is 0.144 e. The molecule has 0 aliphatic heterocycles. The molecule has 0 fully saturated rings. The zero-order valence-corrected chi connectivity index (χ0v) is 12.2. The van der Waals surface area contributed by atoms with Gasteiger partial charge in [-0.15, -0.1) is 0 Å². The summed E-state index contributed by atoms with van der Waals surface area (Å²) >= 11 is 0. The second-order valence-corrected chi connectivity index (χ2v) is 5.52. The SMILES string of the molecule is c1ccc2nc(-c3cccc4c3oc3ccccc34)cnc2c1. The summed E-state index contributed by atoms with van der Waals surface area (Å²) in [5.74, 6) is 0. The molecule has 0 aliphatic rings. The second-order valence-electron chi connectivity index (χ2n) is 5.52. The van der Waals surface area contributed by atoms with E-state index in [9.17, 15) is 0 Å². The molecule has 23 heavy (non-hydrogen) atoms. The van der Waals surface area contributed by atoms with Crippen LogP contribution >= 0.6 is 0 Å².